The molecule has 1 aliphatic carbocycles. The maximum absolute atomic E-state index is 12.4. The number of nitrogens with two attached hydrogens (primary N) is 1. The van der Waals surface area contributed by atoms with Gasteiger partial charge in [-0.05, 0) is 17.7 Å². The van der Waals surface area contributed by atoms with Crippen molar-refractivity contribution in [3.05, 3.63) is 11.0 Å². The summed E-state index contributed by atoms with van der Waals surface area (Å²) in [4.78, 5) is 0.823. The van der Waals surface area contributed by atoms with Gasteiger partial charge < -0.3 is 5.73 Å². The van der Waals surface area contributed by atoms with Crippen LogP contribution in [0.3, 0.4) is 0 Å². The summed E-state index contributed by atoms with van der Waals surface area (Å²) in [7, 11) is 0. The molecule has 1 unspecified atom stereocenters. The summed E-state index contributed by atoms with van der Waals surface area (Å²) in [6.45, 7) is 0. The van der Waals surface area contributed by atoms with Crippen molar-refractivity contribution in [2.75, 3.05) is 0 Å². The van der Waals surface area contributed by atoms with E-state index in [0.29, 0.717) is 12.8 Å². The molecule has 0 spiro atoms. The van der Waals surface area contributed by atoms with Crippen molar-refractivity contribution in [3.63, 3.8) is 0 Å². The van der Waals surface area contributed by atoms with Crippen LogP contribution in [0.1, 0.15) is 12.8 Å². The van der Waals surface area contributed by atoms with Gasteiger partial charge in [0, 0.05) is 6.04 Å². The van der Waals surface area contributed by atoms with Crippen LogP contribution in [0.25, 0.3) is 0 Å². The van der Waals surface area contributed by atoms with Gasteiger partial charge in [0.1, 0.15) is 6.17 Å². The van der Waals surface area contributed by atoms with E-state index in [2.05, 4.69) is 12.6 Å². The Hall–Kier alpha value is -0.0200. The zero-order valence-electron chi connectivity index (χ0n) is 5.05. The lowest BCUT2D eigenvalue weighted by molar-refractivity contribution is 0.298. The van der Waals surface area contributed by atoms with Gasteiger partial charge in [-0.2, -0.15) is 0 Å². The summed E-state index contributed by atoms with van der Waals surface area (Å²) in [5.41, 5.74) is 5.48. The van der Waals surface area contributed by atoms with Crippen LogP contribution in [0.15, 0.2) is 11.0 Å². The van der Waals surface area contributed by atoms with Crippen LogP contribution >= 0.6 is 12.6 Å². The summed E-state index contributed by atoms with van der Waals surface area (Å²) in [6, 6.07) is -0.169. The van der Waals surface area contributed by atoms with Crippen molar-refractivity contribution in [1.29, 1.82) is 0 Å². The van der Waals surface area contributed by atoms with Gasteiger partial charge in [-0.3, -0.25) is 0 Å². The van der Waals surface area contributed by atoms with E-state index >= 15 is 0 Å². The first kappa shape index (κ1) is 7.09. The number of alkyl halides is 1. The van der Waals surface area contributed by atoms with Gasteiger partial charge in [-0.25, -0.2) is 4.39 Å². The molecule has 1 nitrogen and oxygen atoms in total. The maximum Gasteiger partial charge on any atom is 0.105 e. The molecule has 0 amide bonds. The molecule has 0 aliphatic heterocycles. The van der Waals surface area contributed by atoms with Crippen molar-refractivity contribution in [2.24, 2.45) is 5.73 Å². The van der Waals surface area contributed by atoms with Crippen LogP contribution < -0.4 is 5.73 Å². The minimum absolute atomic E-state index is 0.169. The lowest BCUT2D eigenvalue weighted by atomic mass is 10.0. The number of halogens is 1. The molecule has 0 saturated carbocycles. The fourth-order valence-electron chi connectivity index (χ4n) is 0.893. The highest BCUT2D eigenvalue weighted by Gasteiger charge is 2.17. The van der Waals surface area contributed by atoms with E-state index < -0.39 is 6.17 Å². The Balaban J connectivity index is 2.56. The Labute approximate surface area is 59.5 Å². The van der Waals surface area contributed by atoms with Crippen LogP contribution in [-0.2, 0) is 0 Å². The third kappa shape index (κ3) is 1.69. The summed E-state index contributed by atoms with van der Waals surface area (Å²) in [5, 5.41) is 0. The third-order valence-electron chi connectivity index (χ3n) is 1.47. The summed E-state index contributed by atoms with van der Waals surface area (Å²) < 4.78 is 12.4. The summed E-state index contributed by atoms with van der Waals surface area (Å²) in [6.07, 6.45) is 1.90. The second-order valence-corrected chi connectivity index (χ2v) is 2.82. The Kier molecular flexibility index (Phi) is 2.13. The zero-order chi connectivity index (χ0) is 6.85. The third-order valence-corrected chi connectivity index (χ3v) is 1.99. The van der Waals surface area contributed by atoms with Gasteiger partial charge in [0.15, 0.2) is 0 Å². The molecule has 3 heteroatoms. The number of hydrogen-bond acceptors (Lipinski definition) is 2. The predicted octanol–water partition coefficient (Wildman–Crippen LogP) is 1.26. The molecule has 0 aromatic rings. The van der Waals surface area contributed by atoms with E-state index in [1.807, 2.05) is 0 Å². The Morgan fingerprint density at radius 2 is 2.44 bits per heavy atom. The molecule has 2 atom stereocenters. The van der Waals surface area contributed by atoms with E-state index in [-0.39, 0.29) is 6.04 Å². The van der Waals surface area contributed by atoms with Crippen molar-refractivity contribution < 1.29 is 4.39 Å². The fraction of sp³-hybridized carbons (Fsp3) is 0.667. The molecule has 0 heterocycles. The molecular formula is C6H10FNS. The quantitative estimate of drug-likeness (QED) is 0.496. The molecule has 0 bridgehead atoms. The summed E-state index contributed by atoms with van der Waals surface area (Å²) >= 11 is 4.07. The van der Waals surface area contributed by atoms with Crippen LogP contribution in [0.4, 0.5) is 4.39 Å². The molecule has 0 radical (unpaired) electrons. The zero-order valence-corrected chi connectivity index (χ0v) is 5.94. The Morgan fingerprint density at radius 1 is 1.78 bits per heavy atom. The van der Waals surface area contributed by atoms with Crippen LogP contribution in [0.5, 0.6) is 0 Å². The van der Waals surface area contributed by atoms with Crippen molar-refractivity contribution in [1.82, 2.24) is 0 Å². The highest BCUT2D eigenvalue weighted by Crippen LogP contribution is 2.21. The average Bonchev–Trinajstić information content (AvgIpc) is 1.80. The van der Waals surface area contributed by atoms with E-state index in [9.17, 15) is 4.39 Å². The minimum atomic E-state index is -0.754. The maximum atomic E-state index is 12.4. The topological polar surface area (TPSA) is 26.0 Å². The second kappa shape index (κ2) is 2.71. The molecule has 9 heavy (non-hydrogen) atoms. The first-order valence-corrected chi connectivity index (χ1v) is 3.43. The van der Waals surface area contributed by atoms with E-state index in [1.54, 1.807) is 6.08 Å². The monoisotopic (exact) mass is 147 g/mol. The molecule has 1 aliphatic rings. The molecular weight excluding hydrogens is 137 g/mol. The smallest absolute Gasteiger partial charge is 0.105 e. The van der Waals surface area contributed by atoms with Gasteiger partial charge >= 0.3 is 0 Å². The SMILES string of the molecule is NC1C[C@@H](F)CC=C1S. The highest BCUT2D eigenvalue weighted by atomic mass is 32.1. The van der Waals surface area contributed by atoms with Gasteiger partial charge in [0.05, 0.1) is 0 Å². The van der Waals surface area contributed by atoms with E-state index in [4.69, 9.17) is 5.73 Å². The molecule has 2 N–H and O–H groups in total. The largest absolute Gasteiger partial charge is 0.323 e. The number of rotatable bonds is 0. The second-order valence-electron chi connectivity index (χ2n) is 2.30. The first-order chi connectivity index (χ1) is 4.20. The lowest BCUT2D eigenvalue weighted by Gasteiger charge is -2.18. The molecule has 0 aromatic carbocycles. The van der Waals surface area contributed by atoms with Crippen LogP contribution in [-0.4, -0.2) is 12.2 Å². The van der Waals surface area contributed by atoms with Crippen LogP contribution in [0.2, 0.25) is 0 Å². The van der Waals surface area contributed by atoms with Crippen molar-refractivity contribution >= 4 is 12.6 Å². The normalized spacial score (nSPS) is 36.1. The molecule has 1 rings (SSSR count). The number of hydrogen-bond donors (Lipinski definition) is 2. The Morgan fingerprint density at radius 3 is 2.89 bits per heavy atom. The van der Waals surface area contributed by atoms with Gasteiger partial charge in [0.2, 0.25) is 0 Å². The predicted molar refractivity (Wildman–Crippen MR) is 39.2 cm³/mol. The fourth-order valence-corrected chi connectivity index (χ4v) is 1.10. The molecule has 0 saturated heterocycles. The van der Waals surface area contributed by atoms with E-state index in [0.717, 1.165) is 4.91 Å². The number of allylic oxidation sites excluding steroid dienone is 1. The lowest BCUT2D eigenvalue weighted by Crippen LogP contribution is -2.27. The summed E-state index contributed by atoms with van der Waals surface area (Å²) in [5.74, 6) is 0. The van der Waals surface area contributed by atoms with Gasteiger partial charge in [-0.15, -0.1) is 12.6 Å². The molecule has 0 fully saturated rings. The highest BCUT2D eigenvalue weighted by molar-refractivity contribution is 7.84. The average molecular weight is 147 g/mol. The standard InChI is InChI=1S/C6H10FNS/c7-4-1-2-6(9)5(8)3-4/h2,4-5,9H,1,3,8H2/t4-,5?/m0/s1. The first-order valence-electron chi connectivity index (χ1n) is 2.99. The van der Waals surface area contributed by atoms with Crippen molar-refractivity contribution in [3.8, 4) is 0 Å². The molecule has 0 aromatic heterocycles. The van der Waals surface area contributed by atoms with E-state index in [1.165, 1.54) is 0 Å². The van der Waals surface area contributed by atoms with Crippen molar-refractivity contribution in [2.45, 2.75) is 25.1 Å². The van der Waals surface area contributed by atoms with Gasteiger partial charge in [-0.1, -0.05) is 6.08 Å². The Bertz CT molecular complexity index is 135. The molecule has 52 valence electrons. The van der Waals surface area contributed by atoms with Crippen LogP contribution in [0, 0.1) is 0 Å². The number of thiol groups is 1. The minimum Gasteiger partial charge on any atom is -0.323 e. The van der Waals surface area contributed by atoms with Gasteiger partial charge in [0.25, 0.3) is 0 Å².